The van der Waals surface area contributed by atoms with Crippen LogP contribution in [0.2, 0.25) is 0 Å². The van der Waals surface area contributed by atoms with Gasteiger partial charge >= 0.3 is 0 Å². The Morgan fingerprint density at radius 1 is 1.21 bits per heavy atom. The molecule has 0 aliphatic heterocycles. The van der Waals surface area contributed by atoms with Gasteiger partial charge in [-0.25, -0.2) is 4.39 Å². The third-order valence-corrected chi connectivity index (χ3v) is 3.93. The molecule has 1 heterocycles. The number of alkyl halides is 1. The fraction of sp³-hybridized carbons (Fsp3) is 0.0769. The molecular formula is C13H9FINO2S. The number of nitrogens with one attached hydrogen (secondary N) is 1. The quantitative estimate of drug-likeness (QED) is 0.495. The van der Waals surface area contributed by atoms with Crippen LogP contribution in [0.3, 0.4) is 0 Å². The Morgan fingerprint density at radius 3 is 2.63 bits per heavy atom. The molecule has 0 atom stereocenters. The lowest BCUT2D eigenvalue weighted by atomic mass is 10.1. The highest BCUT2D eigenvalue weighted by atomic mass is 127. The van der Waals surface area contributed by atoms with E-state index in [0.717, 1.165) is 0 Å². The molecule has 0 saturated carbocycles. The van der Waals surface area contributed by atoms with Crippen LogP contribution in [0.1, 0.15) is 15.9 Å². The Labute approximate surface area is 127 Å². The van der Waals surface area contributed by atoms with Crippen molar-refractivity contribution in [3.05, 3.63) is 52.7 Å². The molecule has 3 nitrogen and oxygen atoms in total. The van der Waals surface area contributed by atoms with E-state index in [9.17, 15) is 14.0 Å². The zero-order chi connectivity index (χ0) is 13.8. The van der Waals surface area contributed by atoms with E-state index in [2.05, 4.69) is 5.32 Å². The highest BCUT2D eigenvalue weighted by molar-refractivity contribution is 14.1. The number of amides is 1. The van der Waals surface area contributed by atoms with Crippen molar-refractivity contribution in [2.75, 3.05) is 9.74 Å². The van der Waals surface area contributed by atoms with Crippen molar-refractivity contribution in [2.45, 2.75) is 0 Å². The Kier molecular flexibility index (Phi) is 4.65. The summed E-state index contributed by atoms with van der Waals surface area (Å²) in [4.78, 5) is 23.6. The van der Waals surface area contributed by atoms with Gasteiger partial charge in [0.05, 0.1) is 15.6 Å². The number of hydrogen-bond acceptors (Lipinski definition) is 3. The zero-order valence-corrected chi connectivity index (χ0v) is 12.6. The maximum Gasteiger partial charge on any atom is 0.234 e. The summed E-state index contributed by atoms with van der Waals surface area (Å²) < 4.78 is 13.9. The molecule has 0 aliphatic rings. The van der Waals surface area contributed by atoms with E-state index in [4.69, 9.17) is 0 Å². The van der Waals surface area contributed by atoms with E-state index >= 15 is 0 Å². The first-order valence-corrected chi connectivity index (χ1v) is 7.76. The first-order valence-electron chi connectivity index (χ1n) is 5.36. The molecule has 2 aromatic rings. The van der Waals surface area contributed by atoms with Crippen LogP contribution in [-0.2, 0) is 4.79 Å². The third kappa shape index (κ3) is 3.19. The average molecular weight is 389 g/mol. The van der Waals surface area contributed by atoms with Crippen molar-refractivity contribution in [3.8, 4) is 0 Å². The van der Waals surface area contributed by atoms with Gasteiger partial charge in [-0.3, -0.25) is 9.59 Å². The molecule has 1 aromatic carbocycles. The van der Waals surface area contributed by atoms with E-state index in [1.807, 2.05) is 22.6 Å². The zero-order valence-electron chi connectivity index (χ0n) is 9.65. The standard InChI is InChI=1S/C13H9FINO2S/c14-10-4-2-1-3-8(10)12(18)9-5-6-19-13(9)16-11(17)7-15/h1-6H,7H2,(H,16,17). The van der Waals surface area contributed by atoms with E-state index in [-0.39, 0.29) is 11.5 Å². The van der Waals surface area contributed by atoms with E-state index in [0.29, 0.717) is 15.0 Å². The van der Waals surface area contributed by atoms with Crippen LogP contribution in [0.5, 0.6) is 0 Å². The van der Waals surface area contributed by atoms with Crippen molar-refractivity contribution in [1.82, 2.24) is 0 Å². The summed E-state index contributed by atoms with van der Waals surface area (Å²) in [5, 5.41) is 4.78. The van der Waals surface area contributed by atoms with Gasteiger partial charge in [-0.2, -0.15) is 0 Å². The summed E-state index contributed by atoms with van der Waals surface area (Å²) in [5.41, 5.74) is 0.319. The number of benzene rings is 1. The van der Waals surface area contributed by atoms with Crippen LogP contribution in [-0.4, -0.2) is 16.1 Å². The Bertz CT molecular complexity index is 627. The number of thiophene rings is 1. The van der Waals surface area contributed by atoms with Crippen LogP contribution in [0, 0.1) is 5.82 Å². The number of rotatable bonds is 4. The molecule has 0 radical (unpaired) electrons. The normalized spacial score (nSPS) is 10.2. The first kappa shape index (κ1) is 14.1. The molecule has 0 aliphatic carbocycles. The summed E-state index contributed by atoms with van der Waals surface area (Å²) in [5.74, 6) is -1.18. The number of hydrogen-bond donors (Lipinski definition) is 1. The SMILES string of the molecule is O=C(CI)Nc1sccc1C(=O)c1ccccc1F. The van der Waals surface area contributed by atoms with Crippen LogP contribution >= 0.6 is 33.9 Å². The minimum atomic E-state index is -0.565. The lowest BCUT2D eigenvalue weighted by molar-refractivity contribution is -0.113. The van der Waals surface area contributed by atoms with Gasteiger partial charge in [0.15, 0.2) is 5.78 Å². The van der Waals surface area contributed by atoms with Gasteiger partial charge in [-0.15, -0.1) is 11.3 Å². The molecule has 1 amide bonds. The highest BCUT2D eigenvalue weighted by Gasteiger charge is 2.18. The summed E-state index contributed by atoms with van der Waals surface area (Å²) in [6.07, 6.45) is 0. The molecule has 0 bridgehead atoms. The van der Waals surface area contributed by atoms with Gasteiger partial charge in [-0.1, -0.05) is 34.7 Å². The predicted octanol–water partition coefficient (Wildman–Crippen LogP) is 3.49. The number of ketones is 1. The number of carbonyl (C=O) groups is 2. The van der Waals surface area contributed by atoms with Crippen molar-refractivity contribution >= 4 is 50.6 Å². The minimum absolute atomic E-state index is 0.00544. The molecule has 1 N–H and O–H groups in total. The van der Waals surface area contributed by atoms with Crippen LogP contribution in [0.4, 0.5) is 9.39 Å². The van der Waals surface area contributed by atoms with Crippen LogP contribution in [0.15, 0.2) is 35.7 Å². The van der Waals surface area contributed by atoms with E-state index in [1.54, 1.807) is 17.5 Å². The monoisotopic (exact) mass is 389 g/mol. The number of carbonyl (C=O) groups excluding carboxylic acids is 2. The molecule has 0 fully saturated rings. The van der Waals surface area contributed by atoms with Gasteiger partial charge in [0.2, 0.25) is 5.91 Å². The number of halogens is 2. The molecule has 0 unspecified atom stereocenters. The highest BCUT2D eigenvalue weighted by Crippen LogP contribution is 2.26. The topological polar surface area (TPSA) is 46.2 Å². The van der Waals surface area contributed by atoms with Crippen molar-refractivity contribution in [1.29, 1.82) is 0 Å². The fourth-order valence-electron chi connectivity index (χ4n) is 1.54. The van der Waals surface area contributed by atoms with Gasteiger partial charge in [-0.05, 0) is 23.6 Å². The summed E-state index contributed by atoms with van der Waals surface area (Å²) in [7, 11) is 0. The van der Waals surface area contributed by atoms with Gasteiger partial charge < -0.3 is 5.32 Å². The summed E-state index contributed by atoms with van der Waals surface area (Å²) in [6.45, 7) is 0. The Hall–Kier alpha value is -1.28. The van der Waals surface area contributed by atoms with Crippen LogP contribution < -0.4 is 5.32 Å². The lowest BCUT2D eigenvalue weighted by Gasteiger charge is -2.05. The second-order valence-corrected chi connectivity index (χ2v) is 5.33. The van der Waals surface area contributed by atoms with Crippen molar-refractivity contribution in [2.24, 2.45) is 0 Å². The predicted molar refractivity (Wildman–Crippen MR) is 81.7 cm³/mol. The van der Waals surface area contributed by atoms with Crippen molar-refractivity contribution < 1.29 is 14.0 Å². The smallest absolute Gasteiger partial charge is 0.234 e. The summed E-state index contributed by atoms with van der Waals surface area (Å²) >= 11 is 3.18. The fourth-order valence-corrected chi connectivity index (χ4v) is 2.53. The molecular weight excluding hydrogens is 380 g/mol. The minimum Gasteiger partial charge on any atom is -0.316 e. The molecule has 1 aromatic heterocycles. The maximum atomic E-state index is 13.6. The molecule has 19 heavy (non-hydrogen) atoms. The maximum absolute atomic E-state index is 13.6. The third-order valence-electron chi connectivity index (χ3n) is 2.40. The average Bonchev–Trinajstić information content (AvgIpc) is 2.86. The Morgan fingerprint density at radius 2 is 1.95 bits per heavy atom. The Balaban J connectivity index is 2.33. The van der Waals surface area contributed by atoms with Crippen LogP contribution in [0.25, 0.3) is 0 Å². The molecule has 0 spiro atoms. The van der Waals surface area contributed by atoms with Gasteiger partial charge in [0, 0.05) is 0 Å². The second kappa shape index (κ2) is 6.25. The summed E-state index contributed by atoms with van der Waals surface area (Å²) in [6, 6.07) is 7.38. The van der Waals surface area contributed by atoms with Gasteiger partial charge in [0.25, 0.3) is 0 Å². The van der Waals surface area contributed by atoms with E-state index < -0.39 is 11.6 Å². The molecule has 0 saturated heterocycles. The molecule has 2 rings (SSSR count). The first-order chi connectivity index (χ1) is 9.13. The number of anilines is 1. The lowest BCUT2D eigenvalue weighted by Crippen LogP contribution is -2.14. The molecule has 98 valence electrons. The second-order valence-electron chi connectivity index (χ2n) is 3.65. The van der Waals surface area contributed by atoms with Crippen molar-refractivity contribution in [3.63, 3.8) is 0 Å². The largest absolute Gasteiger partial charge is 0.316 e. The molecule has 6 heteroatoms. The van der Waals surface area contributed by atoms with E-state index in [1.165, 1.54) is 29.5 Å². The van der Waals surface area contributed by atoms with Gasteiger partial charge in [0.1, 0.15) is 10.8 Å².